The molecule has 2 aromatic carbocycles. The topological polar surface area (TPSA) is 205 Å². The van der Waals surface area contributed by atoms with Gasteiger partial charge in [0.15, 0.2) is 11.6 Å². The van der Waals surface area contributed by atoms with Crippen LogP contribution in [0.1, 0.15) is 148 Å². The van der Waals surface area contributed by atoms with Gasteiger partial charge in [-0.05, 0) is 95.8 Å². The van der Waals surface area contributed by atoms with Crippen molar-refractivity contribution in [1.82, 2.24) is 30.8 Å². The second-order valence-electron chi connectivity index (χ2n) is 18.9. The molecule has 3 N–H and O–H groups in total. The van der Waals surface area contributed by atoms with Crippen molar-refractivity contribution in [1.29, 1.82) is 0 Å². The SMILES string of the molecule is CCCC1CCC(=O)NC1=O.CCCCCCN(CC)c1cc(C(C)NC(=O)c2ccc(N3CCOCC3)cc2)nc(CCCOCCOCCN2CCN(c3ccc(C(C)=O)c(C(C)=O)c3)CC2)n1.CNC=O. The lowest BCUT2D eigenvalue weighted by atomic mass is 9.94. The highest BCUT2D eigenvalue weighted by Gasteiger charge is 2.25. The third-order valence-corrected chi connectivity index (χ3v) is 13.3. The van der Waals surface area contributed by atoms with Gasteiger partial charge >= 0.3 is 0 Å². The molecule has 0 radical (unpaired) electrons. The number of carbonyl (C=O) groups is 6. The third kappa shape index (κ3) is 20.8. The lowest BCUT2D eigenvalue weighted by Crippen LogP contribution is -2.47. The van der Waals surface area contributed by atoms with E-state index in [1.54, 1.807) is 13.1 Å². The highest BCUT2D eigenvalue weighted by molar-refractivity contribution is 6.08. The summed E-state index contributed by atoms with van der Waals surface area (Å²) in [7, 11) is 1.56. The number of piperazine rings is 1. The number of morpholine rings is 1. The molecule has 0 aliphatic carbocycles. The van der Waals surface area contributed by atoms with E-state index in [9.17, 15) is 24.0 Å². The Bertz CT molecular complexity index is 2200. The fourth-order valence-corrected chi connectivity index (χ4v) is 8.93. The molecule has 4 heterocycles. The van der Waals surface area contributed by atoms with Crippen LogP contribution in [0.2, 0.25) is 0 Å². The fraction of sp³-hybridized carbons (Fsp3) is 0.607. The van der Waals surface area contributed by atoms with Crippen molar-refractivity contribution < 1.29 is 43.0 Å². The number of rotatable bonds is 27. The Kier molecular flexibility index (Phi) is 27.8. The van der Waals surface area contributed by atoms with Gasteiger partial charge in [-0.15, -0.1) is 0 Å². The van der Waals surface area contributed by atoms with Gasteiger partial charge in [0.2, 0.25) is 18.2 Å². The largest absolute Gasteiger partial charge is 0.379 e. The van der Waals surface area contributed by atoms with Gasteiger partial charge < -0.3 is 39.5 Å². The molecule has 3 saturated heterocycles. The first-order valence-corrected chi connectivity index (χ1v) is 26.9. The molecule has 0 saturated carbocycles. The van der Waals surface area contributed by atoms with E-state index in [4.69, 9.17) is 29.0 Å². The molecule has 2 unspecified atom stereocenters. The quantitative estimate of drug-likeness (QED) is 0.0318. The number of amides is 4. The Morgan fingerprint density at radius 2 is 1.47 bits per heavy atom. The highest BCUT2D eigenvalue weighted by Crippen LogP contribution is 2.24. The first-order chi connectivity index (χ1) is 35.8. The minimum absolute atomic E-state index is 0.0805. The van der Waals surface area contributed by atoms with Crippen molar-refractivity contribution in [2.24, 2.45) is 5.92 Å². The number of benzene rings is 2. The smallest absolute Gasteiger partial charge is 0.251 e. The number of ether oxygens (including phenoxy) is 3. The van der Waals surface area contributed by atoms with Crippen LogP contribution in [0, 0.1) is 5.92 Å². The number of imide groups is 1. The number of anilines is 3. The monoisotopic (exact) mass is 1030 g/mol. The van der Waals surface area contributed by atoms with Gasteiger partial charge in [-0.25, -0.2) is 9.97 Å². The number of carbonyl (C=O) groups excluding carboxylic acids is 6. The summed E-state index contributed by atoms with van der Waals surface area (Å²) < 4.78 is 17.3. The predicted octanol–water partition coefficient (Wildman–Crippen LogP) is 6.61. The molecule has 1 aromatic heterocycles. The van der Waals surface area contributed by atoms with Crippen LogP contribution >= 0.6 is 0 Å². The molecule has 4 amide bonds. The zero-order valence-corrected chi connectivity index (χ0v) is 45.4. The van der Waals surface area contributed by atoms with Crippen molar-refractivity contribution >= 4 is 52.9 Å². The van der Waals surface area contributed by atoms with Crippen LogP contribution in [0.3, 0.4) is 0 Å². The Morgan fingerprint density at radius 3 is 2.09 bits per heavy atom. The lowest BCUT2D eigenvalue weighted by molar-refractivity contribution is -0.136. The summed E-state index contributed by atoms with van der Waals surface area (Å²) in [4.78, 5) is 87.5. The normalized spacial score (nSPS) is 16.2. The van der Waals surface area contributed by atoms with Crippen molar-refractivity contribution in [2.45, 2.75) is 112 Å². The molecule has 18 nitrogen and oxygen atoms in total. The molecule has 3 aliphatic heterocycles. The summed E-state index contributed by atoms with van der Waals surface area (Å²) in [6, 6.07) is 15.1. The van der Waals surface area contributed by atoms with E-state index >= 15 is 0 Å². The summed E-state index contributed by atoms with van der Waals surface area (Å²) in [5.41, 5.74) is 4.48. The molecule has 3 aromatic rings. The number of nitrogens with one attached hydrogen (secondary N) is 3. The molecule has 3 fully saturated rings. The lowest BCUT2D eigenvalue weighted by Gasteiger charge is -2.36. The maximum Gasteiger partial charge on any atom is 0.251 e. The number of hydrogen-bond donors (Lipinski definition) is 3. The van der Waals surface area contributed by atoms with E-state index in [0.717, 1.165) is 133 Å². The Hall–Kier alpha value is -5.82. The number of piperidine rings is 1. The van der Waals surface area contributed by atoms with Crippen molar-refractivity contribution in [3.05, 3.63) is 76.7 Å². The molecule has 6 rings (SSSR count). The number of unbranched alkanes of at least 4 members (excludes halogenated alkanes) is 3. The van der Waals surface area contributed by atoms with Crippen molar-refractivity contribution in [3.8, 4) is 0 Å². The van der Waals surface area contributed by atoms with Crippen LogP contribution < -0.4 is 30.7 Å². The minimum Gasteiger partial charge on any atom is -0.379 e. The highest BCUT2D eigenvalue weighted by atomic mass is 16.5. The molecule has 0 bridgehead atoms. The van der Waals surface area contributed by atoms with Gasteiger partial charge in [0.1, 0.15) is 11.6 Å². The van der Waals surface area contributed by atoms with E-state index in [2.05, 4.69) is 49.4 Å². The molecule has 3 aliphatic rings. The minimum atomic E-state index is -0.301. The molecular weight excluding hydrogens is 943 g/mol. The third-order valence-electron chi connectivity index (χ3n) is 13.3. The number of Topliss-reactive ketones (excluding diaryl/α,β-unsaturated/α-hetero) is 2. The van der Waals surface area contributed by atoms with Gasteiger partial charge in [-0.1, -0.05) is 39.5 Å². The first-order valence-electron chi connectivity index (χ1n) is 26.9. The molecular formula is C56H85N9O9. The predicted molar refractivity (Wildman–Crippen MR) is 290 cm³/mol. The van der Waals surface area contributed by atoms with Crippen molar-refractivity contribution in [3.63, 3.8) is 0 Å². The molecule has 0 spiro atoms. The zero-order valence-electron chi connectivity index (χ0n) is 45.4. The first kappa shape index (κ1) is 60.7. The molecule has 74 heavy (non-hydrogen) atoms. The summed E-state index contributed by atoms with van der Waals surface area (Å²) in [6.45, 7) is 23.0. The van der Waals surface area contributed by atoms with Gasteiger partial charge in [0.25, 0.3) is 5.91 Å². The van der Waals surface area contributed by atoms with Crippen LogP contribution in [0.5, 0.6) is 0 Å². The zero-order chi connectivity index (χ0) is 53.7. The number of hydrogen-bond acceptors (Lipinski definition) is 15. The van der Waals surface area contributed by atoms with E-state index in [1.807, 2.05) is 56.3 Å². The van der Waals surface area contributed by atoms with Crippen LogP contribution in [-0.2, 0) is 35.0 Å². The second-order valence-corrected chi connectivity index (χ2v) is 18.9. The van der Waals surface area contributed by atoms with Gasteiger partial charge in [-0.3, -0.25) is 39.0 Å². The Morgan fingerprint density at radius 1 is 0.811 bits per heavy atom. The van der Waals surface area contributed by atoms with E-state index in [0.29, 0.717) is 62.4 Å². The summed E-state index contributed by atoms with van der Waals surface area (Å²) >= 11 is 0. The van der Waals surface area contributed by atoms with Gasteiger partial charge in [0, 0.05) is 125 Å². The van der Waals surface area contributed by atoms with Crippen LogP contribution in [0.15, 0.2) is 48.5 Å². The standard InChI is InChI=1S/C46H67N7O6.C8H13NO2.C2H5NO/c1-6-8-9-10-19-51(7-2)45-34-43(35(3)47-46(56)38-13-15-39(16-14-38)53-25-29-58-30-26-53)48-44(49-45)12-11-27-57-31-32-59-28-24-50-20-22-52(23-21-50)40-17-18-41(36(4)54)42(33-40)37(5)55;1-2-3-6-4-5-7(10)9-8(6)11;1-3-2-4/h13-18,33-35H,6-12,19-32H2,1-5H3,(H,47,56);6H,2-5H2,1H3,(H,9,10,11);2H,1H3,(H,3,4). The van der Waals surface area contributed by atoms with E-state index < -0.39 is 0 Å². The molecule has 18 heteroatoms. The fourth-order valence-electron chi connectivity index (χ4n) is 8.93. The number of aromatic nitrogens is 2. The van der Waals surface area contributed by atoms with Crippen LogP contribution in [0.25, 0.3) is 0 Å². The summed E-state index contributed by atoms with van der Waals surface area (Å²) in [5.74, 6) is 1.23. The molecule has 408 valence electrons. The number of nitrogens with zero attached hydrogens (tertiary/aromatic N) is 6. The van der Waals surface area contributed by atoms with E-state index in [-0.39, 0.29) is 41.2 Å². The maximum absolute atomic E-state index is 13.4. The van der Waals surface area contributed by atoms with E-state index in [1.165, 1.54) is 33.1 Å². The van der Waals surface area contributed by atoms with Crippen LogP contribution in [-0.4, -0.2) is 156 Å². The number of ketones is 2. The van der Waals surface area contributed by atoms with Gasteiger partial charge in [-0.2, -0.15) is 0 Å². The average molecular weight is 1030 g/mol. The second kappa shape index (κ2) is 33.9. The van der Waals surface area contributed by atoms with Gasteiger partial charge in [0.05, 0.1) is 44.8 Å². The number of aryl methyl sites for hydroxylation is 1. The maximum atomic E-state index is 13.4. The van der Waals surface area contributed by atoms with Crippen molar-refractivity contribution in [2.75, 3.05) is 120 Å². The van der Waals surface area contributed by atoms with Crippen LogP contribution in [0.4, 0.5) is 17.2 Å². The summed E-state index contributed by atoms with van der Waals surface area (Å²) in [6.07, 6.45) is 9.94. The summed E-state index contributed by atoms with van der Waals surface area (Å²) in [5, 5.41) is 7.76. The molecule has 2 atom stereocenters. The average Bonchev–Trinajstić information content (AvgIpc) is 3.41. The Balaban J connectivity index is 0.000000680. The Labute approximate surface area is 440 Å².